The zero-order valence-corrected chi connectivity index (χ0v) is 10.2. The Morgan fingerprint density at radius 3 is 2.62 bits per heavy atom. The van der Waals surface area contributed by atoms with Crippen LogP contribution in [0.1, 0.15) is 19.5 Å². The summed E-state index contributed by atoms with van der Waals surface area (Å²) < 4.78 is 1.57. The maximum absolute atomic E-state index is 11.7. The molecule has 0 saturated carbocycles. The smallest absolute Gasteiger partial charge is 0.252 e. The molecule has 0 aliphatic rings. The lowest BCUT2D eigenvalue weighted by molar-refractivity contribution is 0.273. The van der Waals surface area contributed by atoms with E-state index in [9.17, 15) is 4.79 Å². The van der Waals surface area contributed by atoms with Crippen LogP contribution in [0.15, 0.2) is 16.9 Å². The maximum atomic E-state index is 11.7. The van der Waals surface area contributed by atoms with Crippen molar-refractivity contribution < 1.29 is 5.11 Å². The zero-order chi connectivity index (χ0) is 12.1. The second-order valence-corrected chi connectivity index (χ2v) is 4.37. The highest BCUT2D eigenvalue weighted by atomic mass is 16.3. The predicted octanol–water partition coefficient (Wildman–Crippen LogP) is 1.22. The lowest BCUT2D eigenvalue weighted by atomic mass is 10.2. The van der Waals surface area contributed by atoms with Crippen molar-refractivity contribution in [2.45, 2.75) is 27.3 Å². The zero-order valence-electron chi connectivity index (χ0n) is 10.2. The molecule has 0 atom stereocenters. The number of hydrogen-bond donors (Lipinski definition) is 2. The normalized spacial score (nSPS) is 10.8. The number of aliphatic hydroxyl groups is 1. The van der Waals surface area contributed by atoms with Crippen molar-refractivity contribution in [3.05, 3.63) is 28.2 Å². The van der Waals surface area contributed by atoms with Gasteiger partial charge in [-0.1, -0.05) is 13.8 Å². The van der Waals surface area contributed by atoms with Crippen molar-refractivity contribution in [1.29, 1.82) is 0 Å². The quantitative estimate of drug-likeness (QED) is 0.790. The topological polar surface area (TPSA) is 54.3 Å². The molecule has 2 N–H and O–H groups in total. The number of nitrogens with zero attached hydrogens (tertiary/aromatic N) is 1. The molecule has 0 amide bonds. The van der Waals surface area contributed by atoms with Crippen molar-refractivity contribution in [2.24, 2.45) is 5.92 Å². The van der Waals surface area contributed by atoms with Crippen LogP contribution in [0, 0.1) is 12.8 Å². The van der Waals surface area contributed by atoms with Gasteiger partial charge in [0.05, 0.1) is 6.61 Å². The van der Waals surface area contributed by atoms with Gasteiger partial charge in [-0.25, -0.2) is 0 Å². The first kappa shape index (κ1) is 12.8. The van der Waals surface area contributed by atoms with Crippen molar-refractivity contribution in [3.63, 3.8) is 0 Å². The summed E-state index contributed by atoms with van der Waals surface area (Å²) in [7, 11) is 0. The van der Waals surface area contributed by atoms with Gasteiger partial charge in [0, 0.05) is 30.5 Å². The third kappa shape index (κ3) is 3.38. The first-order chi connectivity index (χ1) is 7.54. The van der Waals surface area contributed by atoms with E-state index in [0.717, 1.165) is 17.9 Å². The minimum Gasteiger partial charge on any atom is -0.395 e. The molecule has 0 spiro atoms. The minimum absolute atomic E-state index is 0.0144. The Balaban J connectivity index is 2.87. The van der Waals surface area contributed by atoms with Gasteiger partial charge >= 0.3 is 0 Å². The van der Waals surface area contributed by atoms with Gasteiger partial charge in [-0.15, -0.1) is 0 Å². The fourth-order valence-electron chi connectivity index (χ4n) is 1.54. The molecule has 4 nitrogen and oxygen atoms in total. The first-order valence-electron chi connectivity index (χ1n) is 5.60. The Labute approximate surface area is 95.9 Å². The summed E-state index contributed by atoms with van der Waals surface area (Å²) in [5, 5.41) is 12.1. The van der Waals surface area contributed by atoms with Gasteiger partial charge < -0.3 is 15.0 Å². The molecule has 1 aromatic heterocycles. The van der Waals surface area contributed by atoms with Crippen molar-refractivity contribution in [3.8, 4) is 0 Å². The van der Waals surface area contributed by atoms with E-state index in [1.807, 2.05) is 13.0 Å². The monoisotopic (exact) mass is 224 g/mol. The molecule has 1 aromatic rings. The fourth-order valence-corrected chi connectivity index (χ4v) is 1.54. The third-order valence-electron chi connectivity index (χ3n) is 2.37. The van der Waals surface area contributed by atoms with E-state index >= 15 is 0 Å². The second kappa shape index (κ2) is 5.70. The van der Waals surface area contributed by atoms with E-state index in [1.54, 1.807) is 10.6 Å². The van der Waals surface area contributed by atoms with E-state index in [4.69, 9.17) is 5.11 Å². The number of nitrogens with one attached hydrogen (secondary N) is 1. The number of aryl methyl sites for hydroxylation is 1. The first-order valence-corrected chi connectivity index (χ1v) is 5.60. The van der Waals surface area contributed by atoms with Crippen LogP contribution in [-0.2, 0) is 6.54 Å². The summed E-state index contributed by atoms with van der Waals surface area (Å²) in [6.45, 7) is 7.30. The number of anilines is 1. The van der Waals surface area contributed by atoms with E-state index in [-0.39, 0.29) is 12.2 Å². The molecule has 0 aliphatic heterocycles. The van der Waals surface area contributed by atoms with Gasteiger partial charge in [-0.05, 0) is 18.9 Å². The molecule has 1 rings (SSSR count). The van der Waals surface area contributed by atoms with Crippen LogP contribution in [0.3, 0.4) is 0 Å². The van der Waals surface area contributed by atoms with Gasteiger partial charge in [-0.2, -0.15) is 0 Å². The van der Waals surface area contributed by atoms with Crippen molar-refractivity contribution in [2.75, 3.05) is 18.5 Å². The number of hydrogen-bond acceptors (Lipinski definition) is 3. The molecule has 0 bridgehead atoms. The average molecular weight is 224 g/mol. The Morgan fingerprint density at radius 1 is 1.44 bits per heavy atom. The summed E-state index contributed by atoms with van der Waals surface area (Å²) in [5.41, 5.74) is 1.65. The van der Waals surface area contributed by atoms with E-state index < -0.39 is 0 Å². The number of aliphatic hydroxyl groups excluding tert-OH is 1. The Kier molecular flexibility index (Phi) is 4.55. The average Bonchev–Trinajstić information content (AvgIpc) is 2.20. The number of pyridine rings is 1. The van der Waals surface area contributed by atoms with Crippen LogP contribution in [0.4, 0.5) is 5.69 Å². The van der Waals surface area contributed by atoms with E-state index in [2.05, 4.69) is 19.2 Å². The van der Waals surface area contributed by atoms with E-state index in [1.165, 1.54) is 0 Å². The molecule has 0 unspecified atom stereocenters. The van der Waals surface area contributed by atoms with Crippen LogP contribution in [0.2, 0.25) is 0 Å². The van der Waals surface area contributed by atoms with Crippen LogP contribution in [-0.4, -0.2) is 22.8 Å². The lowest BCUT2D eigenvalue weighted by Crippen LogP contribution is -2.24. The molecule has 0 aromatic carbocycles. The molecule has 0 radical (unpaired) electrons. The summed E-state index contributed by atoms with van der Waals surface area (Å²) in [6.07, 6.45) is 0. The highest BCUT2D eigenvalue weighted by Gasteiger charge is 2.03. The third-order valence-corrected chi connectivity index (χ3v) is 2.37. The molecular formula is C12H20N2O2. The van der Waals surface area contributed by atoms with Gasteiger partial charge in [0.1, 0.15) is 0 Å². The maximum Gasteiger partial charge on any atom is 0.252 e. The van der Waals surface area contributed by atoms with Crippen LogP contribution in [0.5, 0.6) is 0 Å². The van der Waals surface area contributed by atoms with Gasteiger partial charge in [0.2, 0.25) is 0 Å². The Morgan fingerprint density at radius 2 is 2.12 bits per heavy atom. The van der Waals surface area contributed by atoms with Crippen LogP contribution >= 0.6 is 0 Å². The number of rotatable bonds is 5. The molecule has 0 saturated heterocycles. The van der Waals surface area contributed by atoms with Gasteiger partial charge in [-0.3, -0.25) is 4.79 Å². The summed E-state index contributed by atoms with van der Waals surface area (Å²) in [6, 6.07) is 3.50. The standard InChI is InChI=1S/C12H20N2O2/c1-9(2)8-13-11-6-10(3)14(4-5-15)12(16)7-11/h6-7,9,13,15H,4-5,8H2,1-3H3. The Bertz CT molecular complexity index is 396. The van der Waals surface area contributed by atoms with Crippen LogP contribution < -0.4 is 10.9 Å². The Hall–Kier alpha value is -1.29. The molecule has 4 heteroatoms. The number of aromatic nitrogens is 1. The van der Waals surface area contributed by atoms with E-state index in [0.29, 0.717) is 12.5 Å². The molecule has 90 valence electrons. The van der Waals surface area contributed by atoms with Crippen LogP contribution in [0.25, 0.3) is 0 Å². The summed E-state index contributed by atoms with van der Waals surface area (Å²) >= 11 is 0. The van der Waals surface area contributed by atoms with Gasteiger partial charge in [0.15, 0.2) is 0 Å². The second-order valence-electron chi connectivity index (χ2n) is 4.37. The van der Waals surface area contributed by atoms with Crippen molar-refractivity contribution in [1.82, 2.24) is 4.57 Å². The molecule has 0 fully saturated rings. The van der Waals surface area contributed by atoms with Gasteiger partial charge in [0.25, 0.3) is 5.56 Å². The highest BCUT2D eigenvalue weighted by molar-refractivity contribution is 5.43. The fraction of sp³-hybridized carbons (Fsp3) is 0.583. The predicted molar refractivity (Wildman–Crippen MR) is 65.9 cm³/mol. The highest BCUT2D eigenvalue weighted by Crippen LogP contribution is 2.07. The SMILES string of the molecule is Cc1cc(NCC(C)C)cc(=O)n1CCO. The van der Waals surface area contributed by atoms with Crippen molar-refractivity contribution >= 4 is 5.69 Å². The minimum atomic E-state index is -0.0692. The summed E-state index contributed by atoms with van der Waals surface area (Å²) in [4.78, 5) is 11.7. The lowest BCUT2D eigenvalue weighted by Gasteiger charge is -2.12. The largest absolute Gasteiger partial charge is 0.395 e. The molecule has 1 heterocycles. The summed E-state index contributed by atoms with van der Waals surface area (Å²) in [5.74, 6) is 0.542. The molecule has 0 aliphatic carbocycles. The molecular weight excluding hydrogens is 204 g/mol. The molecule has 16 heavy (non-hydrogen) atoms.